The number of benzene rings is 2. The molecule has 0 saturated heterocycles. The number of thiazole rings is 1. The first-order valence-electron chi connectivity index (χ1n) is 8.79. The van der Waals surface area contributed by atoms with E-state index in [2.05, 4.69) is 26.0 Å². The van der Waals surface area contributed by atoms with E-state index in [0.29, 0.717) is 21.1 Å². The van der Waals surface area contributed by atoms with E-state index in [1.165, 1.54) is 22.8 Å². The van der Waals surface area contributed by atoms with Gasteiger partial charge in [-0.2, -0.15) is 9.50 Å². The molecule has 0 saturated carbocycles. The third kappa shape index (κ3) is 3.86. The van der Waals surface area contributed by atoms with E-state index < -0.39 is 0 Å². The van der Waals surface area contributed by atoms with E-state index in [1.807, 2.05) is 50.2 Å². The standard InChI is InChI=1S/C21H16BrN3O3S/c1-11-8-14(9-12(2)18(11)28-13(3)26)10-17-20(27)25-21(29-17)23-19(24-25)15-4-6-16(22)7-5-15/h4-10H,1-3H3. The molecule has 0 radical (unpaired) electrons. The third-order valence-electron chi connectivity index (χ3n) is 4.31. The maximum absolute atomic E-state index is 12.8. The van der Waals surface area contributed by atoms with Crippen LogP contribution >= 0.6 is 27.3 Å². The van der Waals surface area contributed by atoms with E-state index in [0.717, 1.165) is 26.7 Å². The summed E-state index contributed by atoms with van der Waals surface area (Å²) in [6.07, 6.45) is 1.81. The molecule has 146 valence electrons. The summed E-state index contributed by atoms with van der Waals surface area (Å²) in [5.41, 5.74) is 3.15. The molecule has 2 aromatic heterocycles. The van der Waals surface area contributed by atoms with Gasteiger partial charge in [0.1, 0.15) is 5.75 Å². The lowest BCUT2D eigenvalue weighted by Crippen LogP contribution is -2.23. The number of fused-ring (bicyclic) bond motifs is 1. The van der Waals surface area contributed by atoms with Crippen LogP contribution in [0.15, 0.2) is 45.7 Å². The summed E-state index contributed by atoms with van der Waals surface area (Å²) in [5, 5.41) is 4.37. The quantitative estimate of drug-likeness (QED) is 0.338. The molecule has 0 amide bonds. The number of nitrogens with zero attached hydrogens (tertiary/aromatic N) is 3. The summed E-state index contributed by atoms with van der Waals surface area (Å²) < 4.78 is 8.11. The minimum Gasteiger partial charge on any atom is -0.426 e. The zero-order valence-electron chi connectivity index (χ0n) is 15.9. The van der Waals surface area contributed by atoms with Crippen LogP contribution in [0.2, 0.25) is 0 Å². The van der Waals surface area contributed by atoms with Crippen LogP contribution in [0.5, 0.6) is 5.75 Å². The highest BCUT2D eigenvalue weighted by Gasteiger charge is 2.13. The van der Waals surface area contributed by atoms with Crippen LogP contribution in [0.1, 0.15) is 23.6 Å². The summed E-state index contributed by atoms with van der Waals surface area (Å²) in [5.74, 6) is 0.713. The molecule has 0 atom stereocenters. The number of hydrogen-bond acceptors (Lipinski definition) is 6. The Kier molecular flexibility index (Phi) is 5.06. The summed E-state index contributed by atoms with van der Waals surface area (Å²) in [4.78, 5) is 29.1. The number of hydrogen-bond donors (Lipinski definition) is 0. The Labute approximate surface area is 178 Å². The predicted octanol–water partition coefficient (Wildman–Crippen LogP) is 3.67. The first kappa shape index (κ1) is 19.5. The number of rotatable bonds is 3. The van der Waals surface area contributed by atoms with Crippen molar-refractivity contribution in [2.75, 3.05) is 0 Å². The minimum atomic E-state index is -0.359. The van der Waals surface area contributed by atoms with Crippen molar-refractivity contribution in [1.82, 2.24) is 14.6 Å². The summed E-state index contributed by atoms with van der Waals surface area (Å²) in [6.45, 7) is 5.11. The van der Waals surface area contributed by atoms with Crippen LogP contribution in [0, 0.1) is 13.8 Å². The smallest absolute Gasteiger partial charge is 0.308 e. The molecule has 0 unspecified atom stereocenters. The number of aryl methyl sites for hydroxylation is 2. The highest BCUT2D eigenvalue weighted by atomic mass is 79.9. The Bertz CT molecular complexity index is 1330. The fraction of sp³-hybridized carbons (Fsp3) is 0.143. The molecule has 2 aromatic carbocycles. The van der Waals surface area contributed by atoms with Gasteiger partial charge in [0.15, 0.2) is 5.82 Å². The second kappa shape index (κ2) is 7.53. The predicted molar refractivity (Wildman–Crippen MR) is 116 cm³/mol. The Morgan fingerprint density at radius 1 is 1.17 bits per heavy atom. The van der Waals surface area contributed by atoms with Crippen LogP contribution in [0.25, 0.3) is 22.4 Å². The zero-order chi connectivity index (χ0) is 20.7. The molecule has 0 aliphatic rings. The van der Waals surface area contributed by atoms with Gasteiger partial charge in [-0.25, -0.2) is 0 Å². The average molecular weight is 470 g/mol. The van der Waals surface area contributed by atoms with Gasteiger partial charge in [0.05, 0.1) is 4.53 Å². The fourth-order valence-corrected chi connectivity index (χ4v) is 4.25. The molecule has 0 fully saturated rings. The van der Waals surface area contributed by atoms with Gasteiger partial charge in [-0.15, -0.1) is 5.10 Å². The Hall–Kier alpha value is -2.84. The van der Waals surface area contributed by atoms with Crippen LogP contribution in [0.4, 0.5) is 0 Å². The lowest BCUT2D eigenvalue weighted by Gasteiger charge is -2.10. The van der Waals surface area contributed by atoms with Crippen molar-refractivity contribution in [2.24, 2.45) is 0 Å². The topological polar surface area (TPSA) is 73.6 Å². The minimum absolute atomic E-state index is 0.208. The van der Waals surface area contributed by atoms with Gasteiger partial charge in [-0.1, -0.05) is 39.4 Å². The number of carbonyl (C=O) groups is 1. The van der Waals surface area contributed by atoms with Crippen LogP contribution < -0.4 is 14.8 Å². The van der Waals surface area contributed by atoms with Crippen molar-refractivity contribution in [1.29, 1.82) is 0 Å². The maximum atomic E-state index is 12.8. The van der Waals surface area contributed by atoms with E-state index in [-0.39, 0.29) is 11.5 Å². The van der Waals surface area contributed by atoms with E-state index in [1.54, 1.807) is 6.08 Å². The van der Waals surface area contributed by atoms with E-state index in [9.17, 15) is 9.59 Å². The van der Waals surface area contributed by atoms with Gasteiger partial charge >= 0.3 is 5.97 Å². The average Bonchev–Trinajstić information content (AvgIpc) is 3.19. The van der Waals surface area contributed by atoms with Crippen molar-refractivity contribution >= 4 is 44.3 Å². The van der Waals surface area contributed by atoms with Crippen molar-refractivity contribution in [3.05, 3.63) is 72.4 Å². The third-order valence-corrected chi connectivity index (χ3v) is 5.80. The number of carbonyl (C=O) groups excluding carboxylic acids is 1. The zero-order valence-corrected chi connectivity index (χ0v) is 18.3. The normalized spacial score (nSPS) is 11.9. The molecule has 8 heteroatoms. The molecular formula is C21H16BrN3O3S. The second-order valence-corrected chi connectivity index (χ2v) is 8.55. The Morgan fingerprint density at radius 3 is 2.41 bits per heavy atom. The highest BCUT2D eigenvalue weighted by Crippen LogP contribution is 2.25. The highest BCUT2D eigenvalue weighted by molar-refractivity contribution is 9.10. The van der Waals surface area contributed by atoms with Crippen molar-refractivity contribution in [3.8, 4) is 17.1 Å². The Balaban J connectivity index is 1.75. The molecule has 0 spiro atoms. The van der Waals surface area contributed by atoms with Crippen molar-refractivity contribution in [3.63, 3.8) is 0 Å². The first-order chi connectivity index (χ1) is 13.8. The molecule has 0 bridgehead atoms. The molecule has 0 aliphatic heterocycles. The van der Waals surface area contributed by atoms with Crippen LogP contribution in [0.3, 0.4) is 0 Å². The Morgan fingerprint density at radius 2 is 1.83 bits per heavy atom. The number of ether oxygens (including phenoxy) is 1. The molecule has 4 aromatic rings. The largest absolute Gasteiger partial charge is 0.426 e. The van der Waals surface area contributed by atoms with Crippen molar-refractivity contribution < 1.29 is 9.53 Å². The maximum Gasteiger partial charge on any atom is 0.308 e. The number of aromatic nitrogens is 3. The molecule has 0 N–H and O–H groups in total. The SMILES string of the molecule is CC(=O)Oc1c(C)cc(C=c2sc3nc(-c4ccc(Br)cc4)nn3c2=O)cc1C. The molecule has 29 heavy (non-hydrogen) atoms. The van der Waals surface area contributed by atoms with Crippen LogP contribution in [-0.2, 0) is 4.79 Å². The monoisotopic (exact) mass is 469 g/mol. The first-order valence-corrected chi connectivity index (χ1v) is 10.4. The van der Waals surface area contributed by atoms with Gasteiger partial charge in [0.2, 0.25) is 4.96 Å². The van der Waals surface area contributed by atoms with Gasteiger partial charge in [0, 0.05) is 17.0 Å². The molecule has 2 heterocycles. The van der Waals surface area contributed by atoms with Crippen LogP contribution in [-0.4, -0.2) is 20.6 Å². The summed E-state index contributed by atoms with van der Waals surface area (Å²) >= 11 is 4.69. The summed E-state index contributed by atoms with van der Waals surface area (Å²) in [7, 11) is 0. The summed E-state index contributed by atoms with van der Waals surface area (Å²) in [6, 6.07) is 11.4. The van der Waals surface area contributed by atoms with Gasteiger partial charge in [-0.3, -0.25) is 9.59 Å². The molecule has 0 aliphatic carbocycles. The number of halogens is 1. The molecular weight excluding hydrogens is 454 g/mol. The van der Waals surface area contributed by atoms with Gasteiger partial charge < -0.3 is 4.74 Å². The lowest BCUT2D eigenvalue weighted by molar-refractivity contribution is -0.131. The lowest BCUT2D eigenvalue weighted by atomic mass is 10.1. The van der Waals surface area contributed by atoms with Gasteiger partial charge in [0.25, 0.3) is 5.56 Å². The molecule has 6 nitrogen and oxygen atoms in total. The van der Waals surface area contributed by atoms with E-state index in [4.69, 9.17) is 4.74 Å². The number of esters is 1. The second-order valence-electron chi connectivity index (χ2n) is 6.63. The van der Waals surface area contributed by atoms with Crippen molar-refractivity contribution in [2.45, 2.75) is 20.8 Å². The fourth-order valence-electron chi connectivity index (χ4n) is 3.08. The van der Waals surface area contributed by atoms with Gasteiger partial charge in [-0.05, 0) is 60.9 Å². The van der Waals surface area contributed by atoms with E-state index >= 15 is 0 Å². The molecule has 4 rings (SSSR count).